The van der Waals surface area contributed by atoms with Gasteiger partial charge in [0.1, 0.15) is 0 Å². The Morgan fingerprint density at radius 3 is 2.70 bits per heavy atom. The van der Waals surface area contributed by atoms with Crippen molar-refractivity contribution in [1.82, 2.24) is 15.5 Å². The van der Waals surface area contributed by atoms with Crippen molar-refractivity contribution in [2.45, 2.75) is 26.3 Å². The van der Waals surface area contributed by atoms with E-state index in [-0.39, 0.29) is 0 Å². The van der Waals surface area contributed by atoms with Gasteiger partial charge in [-0.25, -0.2) is 0 Å². The molecule has 1 N–H and O–H groups in total. The van der Waals surface area contributed by atoms with E-state index in [0.29, 0.717) is 18.5 Å². The highest BCUT2D eigenvalue weighted by atomic mass is 16.4. The molecule has 1 heterocycles. The Labute approximate surface area is 120 Å². The topological polar surface area (TPSA) is 54.2 Å². The maximum atomic E-state index is 5.62. The molecule has 0 aliphatic rings. The molecule has 1 aromatic carbocycles. The molecule has 0 aliphatic carbocycles. The molecule has 5 heteroatoms. The van der Waals surface area contributed by atoms with E-state index in [1.165, 1.54) is 5.56 Å². The fraction of sp³-hybridized carbons (Fsp3) is 0.467. The highest BCUT2D eigenvalue weighted by Gasteiger charge is 2.12. The van der Waals surface area contributed by atoms with E-state index in [1.807, 2.05) is 13.1 Å². The van der Waals surface area contributed by atoms with Crippen LogP contribution in [0.3, 0.4) is 0 Å². The number of benzene rings is 1. The van der Waals surface area contributed by atoms with E-state index in [2.05, 4.69) is 51.6 Å². The molecule has 0 saturated heterocycles. The van der Waals surface area contributed by atoms with Crippen molar-refractivity contribution < 1.29 is 4.42 Å². The minimum Gasteiger partial charge on any atom is -0.407 e. The molecule has 20 heavy (non-hydrogen) atoms. The number of hydrogen-bond donors (Lipinski definition) is 1. The van der Waals surface area contributed by atoms with Crippen LogP contribution in [0.5, 0.6) is 0 Å². The summed E-state index contributed by atoms with van der Waals surface area (Å²) in [6.45, 7) is 4.50. The molecule has 0 atom stereocenters. The Balaban J connectivity index is 1.85. The largest absolute Gasteiger partial charge is 0.407 e. The molecule has 0 aliphatic heterocycles. The van der Waals surface area contributed by atoms with Crippen LogP contribution in [0.2, 0.25) is 0 Å². The van der Waals surface area contributed by atoms with Crippen molar-refractivity contribution in [2.24, 2.45) is 0 Å². The zero-order chi connectivity index (χ0) is 14.2. The molecule has 2 rings (SSSR count). The van der Waals surface area contributed by atoms with E-state index >= 15 is 0 Å². The minimum absolute atomic E-state index is 0.606. The van der Waals surface area contributed by atoms with Crippen LogP contribution >= 0.6 is 0 Å². The third kappa shape index (κ3) is 4.06. The fourth-order valence-electron chi connectivity index (χ4n) is 2.10. The van der Waals surface area contributed by atoms with E-state index in [0.717, 1.165) is 25.9 Å². The zero-order valence-corrected chi connectivity index (χ0v) is 12.2. The molecule has 0 unspecified atom stereocenters. The van der Waals surface area contributed by atoms with Crippen LogP contribution < -0.4 is 10.2 Å². The fourth-order valence-corrected chi connectivity index (χ4v) is 2.10. The first-order valence-electron chi connectivity index (χ1n) is 7.09. The SMILES string of the molecule is CCN(CCCc1ccccc1)c1nnc(CNC)o1. The number of nitrogens with one attached hydrogen (secondary N) is 1. The Morgan fingerprint density at radius 2 is 2.00 bits per heavy atom. The van der Waals surface area contributed by atoms with Gasteiger partial charge in [-0.05, 0) is 32.4 Å². The molecule has 108 valence electrons. The average molecular weight is 274 g/mol. The van der Waals surface area contributed by atoms with Crippen LogP contribution in [0.1, 0.15) is 24.8 Å². The Bertz CT molecular complexity index is 498. The second-order valence-electron chi connectivity index (χ2n) is 4.68. The van der Waals surface area contributed by atoms with E-state index < -0.39 is 0 Å². The van der Waals surface area contributed by atoms with E-state index in [4.69, 9.17) is 4.42 Å². The summed E-state index contributed by atoms with van der Waals surface area (Å²) in [5, 5.41) is 11.1. The molecule has 0 amide bonds. The van der Waals surface area contributed by atoms with Gasteiger partial charge in [0.25, 0.3) is 0 Å². The van der Waals surface area contributed by atoms with Crippen LogP contribution in [0.15, 0.2) is 34.7 Å². The number of aromatic nitrogens is 2. The zero-order valence-electron chi connectivity index (χ0n) is 12.2. The molecule has 0 radical (unpaired) electrons. The first-order chi connectivity index (χ1) is 9.83. The summed E-state index contributed by atoms with van der Waals surface area (Å²) < 4.78 is 5.62. The van der Waals surface area contributed by atoms with Gasteiger partial charge in [-0.3, -0.25) is 0 Å². The molecule has 0 saturated carbocycles. The number of rotatable bonds is 8. The Hall–Kier alpha value is -1.88. The molecule has 0 spiro atoms. The molecule has 0 bridgehead atoms. The van der Waals surface area contributed by atoms with Gasteiger partial charge in [-0.1, -0.05) is 35.4 Å². The quantitative estimate of drug-likeness (QED) is 0.800. The van der Waals surface area contributed by atoms with Crippen molar-refractivity contribution in [3.63, 3.8) is 0 Å². The van der Waals surface area contributed by atoms with Gasteiger partial charge in [-0.15, -0.1) is 5.10 Å². The van der Waals surface area contributed by atoms with Gasteiger partial charge in [0.05, 0.1) is 6.54 Å². The normalized spacial score (nSPS) is 10.7. The second kappa shape index (κ2) is 7.65. The lowest BCUT2D eigenvalue weighted by Crippen LogP contribution is -2.24. The lowest BCUT2D eigenvalue weighted by atomic mass is 10.1. The third-order valence-electron chi connectivity index (χ3n) is 3.17. The minimum atomic E-state index is 0.606. The number of hydrogen-bond acceptors (Lipinski definition) is 5. The maximum absolute atomic E-state index is 5.62. The summed E-state index contributed by atoms with van der Waals surface area (Å²) in [6, 6.07) is 11.1. The summed E-state index contributed by atoms with van der Waals surface area (Å²) in [5.74, 6) is 0.629. The summed E-state index contributed by atoms with van der Waals surface area (Å²) in [6.07, 6.45) is 2.14. The highest BCUT2D eigenvalue weighted by Crippen LogP contribution is 2.13. The van der Waals surface area contributed by atoms with Crippen molar-refractivity contribution in [3.05, 3.63) is 41.8 Å². The predicted molar refractivity (Wildman–Crippen MR) is 79.7 cm³/mol. The lowest BCUT2D eigenvalue weighted by molar-refractivity contribution is 0.470. The Kier molecular flexibility index (Phi) is 5.55. The van der Waals surface area contributed by atoms with Gasteiger partial charge in [-0.2, -0.15) is 0 Å². The lowest BCUT2D eigenvalue weighted by Gasteiger charge is -2.17. The number of anilines is 1. The molecule has 2 aromatic rings. The van der Waals surface area contributed by atoms with Crippen molar-refractivity contribution in [2.75, 3.05) is 25.0 Å². The Morgan fingerprint density at radius 1 is 1.20 bits per heavy atom. The first-order valence-corrected chi connectivity index (χ1v) is 7.09. The monoisotopic (exact) mass is 274 g/mol. The summed E-state index contributed by atoms with van der Waals surface area (Å²) in [7, 11) is 1.86. The third-order valence-corrected chi connectivity index (χ3v) is 3.17. The van der Waals surface area contributed by atoms with Crippen LogP contribution in [0, 0.1) is 0 Å². The number of nitrogens with zero attached hydrogens (tertiary/aromatic N) is 3. The average Bonchev–Trinajstić information content (AvgIpc) is 2.94. The molecule has 5 nitrogen and oxygen atoms in total. The van der Waals surface area contributed by atoms with Crippen LogP contribution in [0.25, 0.3) is 0 Å². The van der Waals surface area contributed by atoms with Crippen LogP contribution in [0.4, 0.5) is 6.01 Å². The molecule has 0 fully saturated rings. The molecule has 1 aromatic heterocycles. The van der Waals surface area contributed by atoms with Gasteiger partial charge in [0.2, 0.25) is 5.89 Å². The van der Waals surface area contributed by atoms with Crippen molar-refractivity contribution >= 4 is 6.01 Å². The number of aryl methyl sites for hydroxylation is 1. The second-order valence-corrected chi connectivity index (χ2v) is 4.68. The van der Waals surface area contributed by atoms with Crippen molar-refractivity contribution in [1.29, 1.82) is 0 Å². The smallest absolute Gasteiger partial charge is 0.318 e. The summed E-state index contributed by atoms with van der Waals surface area (Å²) >= 11 is 0. The van der Waals surface area contributed by atoms with Gasteiger partial charge in [0, 0.05) is 13.1 Å². The summed E-state index contributed by atoms with van der Waals surface area (Å²) in [4.78, 5) is 2.12. The van der Waals surface area contributed by atoms with Crippen LogP contribution in [-0.4, -0.2) is 30.3 Å². The van der Waals surface area contributed by atoms with Crippen LogP contribution in [-0.2, 0) is 13.0 Å². The van der Waals surface area contributed by atoms with E-state index in [1.54, 1.807) is 0 Å². The molecular formula is C15H22N4O. The highest BCUT2D eigenvalue weighted by molar-refractivity contribution is 5.23. The molecular weight excluding hydrogens is 252 g/mol. The van der Waals surface area contributed by atoms with Gasteiger partial charge in [0.15, 0.2) is 0 Å². The first kappa shape index (κ1) is 14.5. The van der Waals surface area contributed by atoms with Gasteiger partial charge < -0.3 is 14.6 Å². The van der Waals surface area contributed by atoms with Gasteiger partial charge >= 0.3 is 6.01 Å². The van der Waals surface area contributed by atoms with Crippen molar-refractivity contribution in [3.8, 4) is 0 Å². The van der Waals surface area contributed by atoms with E-state index in [9.17, 15) is 0 Å². The maximum Gasteiger partial charge on any atom is 0.318 e. The summed E-state index contributed by atoms with van der Waals surface area (Å²) in [5.41, 5.74) is 1.37. The standard InChI is InChI=1S/C15H22N4O/c1-3-19(15-18-17-14(20-15)12-16-2)11-7-10-13-8-5-4-6-9-13/h4-6,8-9,16H,3,7,10-12H2,1-2H3. The predicted octanol–water partition coefficient (Wildman–Crippen LogP) is 2.25.